The lowest BCUT2D eigenvalue weighted by Gasteiger charge is -2.35. The third kappa shape index (κ3) is 3.54. The van der Waals surface area contributed by atoms with Gasteiger partial charge in [-0.1, -0.05) is 12.1 Å². The molecule has 0 radical (unpaired) electrons. The van der Waals surface area contributed by atoms with E-state index in [0.717, 1.165) is 43.2 Å². The molecular formula is C19H25N5O3. The third-order valence-corrected chi connectivity index (χ3v) is 5.40. The molecule has 1 fully saturated rings. The van der Waals surface area contributed by atoms with E-state index in [-0.39, 0.29) is 18.4 Å². The van der Waals surface area contributed by atoms with Crippen LogP contribution in [0, 0.1) is 0 Å². The second-order valence-electron chi connectivity index (χ2n) is 7.13. The maximum absolute atomic E-state index is 13.0. The molecule has 8 nitrogen and oxygen atoms in total. The number of carbonyl (C=O) groups is 1. The molecular weight excluding hydrogens is 346 g/mol. The van der Waals surface area contributed by atoms with Gasteiger partial charge in [0, 0.05) is 19.5 Å². The molecule has 0 bridgehead atoms. The normalized spacial score (nSPS) is 20.2. The van der Waals surface area contributed by atoms with Crippen LogP contribution in [0.15, 0.2) is 24.3 Å². The van der Waals surface area contributed by atoms with E-state index >= 15 is 0 Å². The predicted molar refractivity (Wildman–Crippen MR) is 99.6 cm³/mol. The molecule has 1 N–H and O–H groups in total. The summed E-state index contributed by atoms with van der Waals surface area (Å²) in [6.45, 7) is 3.04. The second-order valence-corrected chi connectivity index (χ2v) is 7.13. The van der Waals surface area contributed by atoms with Crippen LogP contribution in [0.25, 0.3) is 0 Å². The molecule has 1 saturated heterocycles. The number of aromatic nitrogens is 3. The number of likely N-dealkylation sites (tertiary alicyclic amines) is 1. The van der Waals surface area contributed by atoms with Crippen LogP contribution in [-0.2, 0) is 18.4 Å². The van der Waals surface area contributed by atoms with Gasteiger partial charge in [-0.05, 0) is 31.5 Å². The lowest BCUT2D eigenvalue weighted by atomic mass is 9.97. The Bertz CT molecular complexity index is 821. The molecule has 0 aliphatic carbocycles. The minimum Gasteiger partial charge on any atom is -0.490 e. The van der Waals surface area contributed by atoms with Crippen molar-refractivity contribution >= 4 is 11.6 Å². The number of aliphatic hydroxyl groups excluding tert-OH is 1. The molecule has 1 aromatic heterocycles. The Morgan fingerprint density at radius 1 is 1.30 bits per heavy atom. The number of benzene rings is 1. The van der Waals surface area contributed by atoms with Crippen molar-refractivity contribution in [1.82, 2.24) is 19.7 Å². The van der Waals surface area contributed by atoms with Gasteiger partial charge in [0.2, 0.25) is 5.91 Å². The quantitative estimate of drug-likeness (QED) is 0.860. The first-order valence-electron chi connectivity index (χ1n) is 9.41. The van der Waals surface area contributed by atoms with E-state index in [1.165, 1.54) is 0 Å². The maximum atomic E-state index is 13.0. The van der Waals surface area contributed by atoms with Crippen LogP contribution in [-0.4, -0.2) is 63.5 Å². The standard InChI is InChI=1S/C19H25N5O3/c1-22-17(13-25)20-21-19(22)14-5-4-8-23(11-14)12-18(26)24-9-10-27-16-7-3-2-6-15(16)24/h2-3,6-7,14,25H,4-5,8-13H2,1H3/t14-/m1/s1. The first kappa shape index (κ1) is 17.9. The van der Waals surface area contributed by atoms with E-state index in [2.05, 4.69) is 15.1 Å². The number of hydrogen-bond donors (Lipinski definition) is 1. The molecule has 2 aliphatic rings. The minimum atomic E-state index is -0.116. The predicted octanol–water partition coefficient (Wildman–Crippen LogP) is 0.912. The monoisotopic (exact) mass is 371 g/mol. The summed E-state index contributed by atoms with van der Waals surface area (Å²) in [6.07, 6.45) is 2.03. The van der Waals surface area contributed by atoms with Gasteiger partial charge in [0.1, 0.15) is 24.8 Å². The Balaban J connectivity index is 1.44. The van der Waals surface area contributed by atoms with E-state index in [1.54, 1.807) is 0 Å². The first-order valence-corrected chi connectivity index (χ1v) is 9.41. The Hall–Kier alpha value is -2.45. The second kappa shape index (κ2) is 7.66. The van der Waals surface area contributed by atoms with Crippen molar-refractivity contribution in [3.63, 3.8) is 0 Å². The Kier molecular flexibility index (Phi) is 5.09. The van der Waals surface area contributed by atoms with E-state index in [9.17, 15) is 9.90 Å². The zero-order chi connectivity index (χ0) is 18.8. The fourth-order valence-corrected chi connectivity index (χ4v) is 3.98. The molecule has 27 heavy (non-hydrogen) atoms. The fourth-order valence-electron chi connectivity index (χ4n) is 3.98. The SMILES string of the molecule is Cn1c(CO)nnc1[C@@H]1CCCN(CC(=O)N2CCOc3ccccc32)C1. The molecule has 1 amide bonds. The van der Waals surface area contributed by atoms with Crippen LogP contribution in [0.3, 0.4) is 0 Å². The number of aliphatic hydroxyl groups is 1. The van der Waals surface area contributed by atoms with Crippen LogP contribution < -0.4 is 9.64 Å². The van der Waals surface area contributed by atoms with E-state index in [1.807, 2.05) is 40.8 Å². The number of nitrogens with zero attached hydrogens (tertiary/aromatic N) is 5. The van der Waals surface area contributed by atoms with Gasteiger partial charge in [-0.15, -0.1) is 10.2 Å². The maximum Gasteiger partial charge on any atom is 0.241 e. The van der Waals surface area contributed by atoms with E-state index < -0.39 is 0 Å². The molecule has 3 heterocycles. The molecule has 0 saturated carbocycles. The molecule has 0 unspecified atom stereocenters. The van der Waals surface area contributed by atoms with Crippen molar-refractivity contribution in [1.29, 1.82) is 0 Å². The first-order chi connectivity index (χ1) is 13.2. The number of ether oxygens (including phenoxy) is 1. The summed E-state index contributed by atoms with van der Waals surface area (Å²) in [6, 6.07) is 7.68. The summed E-state index contributed by atoms with van der Waals surface area (Å²) in [7, 11) is 1.88. The van der Waals surface area contributed by atoms with Crippen LogP contribution in [0.2, 0.25) is 0 Å². The van der Waals surface area contributed by atoms with Crippen molar-refractivity contribution in [2.24, 2.45) is 7.05 Å². The number of rotatable bonds is 4. The smallest absolute Gasteiger partial charge is 0.241 e. The molecule has 1 atom stereocenters. The van der Waals surface area contributed by atoms with Crippen molar-refractivity contribution in [3.8, 4) is 5.75 Å². The van der Waals surface area contributed by atoms with Gasteiger partial charge in [-0.2, -0.15) is 0 Å². The largest absolute Gasteiger partial charge is 0.490 e. The van der Waals surface area contributed by atoms with Crippen molar-refractivity contribution in [2.45, 2.75) is 25.4 Å². The van der Waals surface area contributed by atoms with Crippen molar-refractivity contribution in [2.75, 3.05) is 37.7 Å². The highest BCUT2D eigenvalue weighted by Crippen LogP contribution is 2.31. The average molecular weight is 371 g/mol. The zero-order valence-electron chi connectivity index (χ0n) is 15.5. The summed E-state index contributed by atoms with van der Waals surface area (Å²) >= 11 is 0. The number of carbonyl (C=O) groups excluding carboxylic acids is 1. The van der Waals surface area contributed by atoms with Gasteiger partial charge < -0.3 is 19.3 Å². The molecule has 2 aromatic rings. The summed E-state index contributed by atoms with van der Waals surface area (Å²) in [4.78, 5) is 17.0. The Labute approximate surface area is 158 Å². The highest BCUT2D eigenvalue weighted by molar-refractivity contribution is 5.96. The third-order valence-electron chi connectivity index (χ3n) is 5.40. The van der Waals surface area contributed by atoms with Crippen LogP contribution in [0.4, 0.5) is 5.69 Å². The topological polar surface area (TPSA) is 83.7 Å². The number of fused-ring (bicyclic) bond motifs is 1. The summed E-state index contributed by atoms with van der Waals surface area (Å²) in [5.74, 6) is 2.54. The summed E-state index contributed by atoms with van der Waals surface area (Å²) in [5, 5.41) is 17.6. The van der Waals surface area contributed by atoms with Gasteiger partial charge in [0.05, 0.1) is 18.8 Å². The molecule has 0 spiro atoms. The van der Waals surface area contributed by atoms with Gasteiger partial charge in [-0.3, -0.25) is 9.69 Å². The molecule has 1 aromatic carbocycles. The van der Waals surface area contributed by atoms with Crippen LogP contribution >= 0.6 is 0 Å². The van der Waals surface area contributed by atoms with Gasteiger partial charge >= 0.3 is 0 Å². The number of hydrogen-bond acceptors (Lipinski definition) is 6. The number of anilines is 1. The lowest BCUT2D eigenvalue weighted by molar-refractivity contribution is -0.120. The lowest BCUT2D eigenvalue weighted by Crippen LogP contribution is -2.46. The van der Waals surface area contributed by atoms with Gasteiger partial charge in [0.15, 0.2) is 5.82 Å². The Morgan fingerprint density at radius 2 is 2.15 bits per heavy atom. The molecule has 2 aliphatic heterocycles. The number of para-hydroxylation sites is 2. The highest BCUT2D eigenvalue weighted by atomic mass is 16.5. The van der Waals surface area contributed by atoms with Crippen LogP contribution in [0.5, 0.6) is 5.75 Å². The number of amides is 1. The highest BCUT2D eigenvalue weighted by Gasteiger charge is 2.29. The zero-order valence-corrected chi connectivity index (χ0v) is 15.5. The molecule has 144 valence electrons. The summed E-state index contributed by atoms with van der Waals surface area (Å²) < 4.78 is 7.52. The van der Waals surface area contributed by atoms with Crippen molar-refractivity contribution in [3.05, 3.63) is 35.9 Å². The molecule has 4 rings (SSSR count). The average Bonchev–Trinajstić information content (AvgIpc) is 3.08. The van der Waals surface area contributed by atoms with Gasteiger partial charge in [0.25, 0.3) is 0 Å². The van der Waals surface area contributed by atoms with Crippen molar-refractivity contribution < 1.29 is 14.6 Å². The van der Waals surface area contributed by atoms with E-state index in [0.29, 0.717) is 25.5 Å². The van der Waals surface area contributed by atoms with Crippen LogP contribution in [0.1, 0.15) is 30.4 Å². The Morgan fingerprint density at radius 3 is 2.96 bits per heavy atom. The van der Waals surface area contributed by atoms with E-state index in [4.69, 9.17) is 4.74 Å². The fraction of sp³-hybridized carbons (Fsp3) is 0.526. The van der Waals surface area contributed by atoms with Gasteiger partial charge in [-0.25, -0.2) is 0 Å². The number of piperidine rings is 1. The molecule has 8 heteroatoms. The summed E-state index contributed by atoms with van der Waals surface area (Å²) in [5.41, 5.74) is 0.850. The minimum absolute atomic E-state index is 0.0976.